The zero-order chi connectivity index (χ0) is 28.3. The lowest BCUT2D eigenvalue weighted by atomic mass is 10.0. The molecule has 1 unspecified atom stereocenters. The maximum Gasteiger partial charge on any atom is 0.408 e. The molecule has 0 saturated heterocycles. The summed E-state index contributed by atoms with van der Waals surface area (Å²) in [5.74, 6) is -0.440. The molecule has 0 radical (unpaired) electrons. The van der Waals surface area contributed by atoms with Crippen molar-refractivity contribution < 1.29 is 22.7 Å². The van der Waals surface area contributed by atoms with Gasteiger partial charge in [-0.05, 0) is 56.9 Å². The van der Waals surface area contributed by atoms with E-state index in [-0.39, 0.29) is 11.3 Å². The molecule has 0 saturated carbocycles. The van der Waals surface area contributed by atoms with Crippen molar-refractivity contribution in [1.82, 2.24) is 10.6 Å². The lowest BCUT2D eigenvalue weighted by Crippen LogP contribution is -2.51. The summed E-state index contributed by atoms with van der Waals surface area (Å²) in [6.45, 7) is 5.24. The number of alkyl carbamates (subject to hydrolysis) is 1. The second-order valence-corrected chi connectivity index (χ2v) is 12.0. The Labute approximate surface area is 231 Å². The third kappa shape index (κ3) is 10.4. The molecule has 0 aliphatic heterocycles. The SMILES string of the molecule is CC(C)(C)OC(=O)NC(Cc1ccccc1)C(=O)N[C@H](/C=C/S(=O)(=O)c1ccccc1)CCc1ccccc1. The predicted molar refractivity (Wildman–Crippen MR) is 153 cm³/mol. The van der Waals surface area contributed by atoms with E-state index in [1.807, 2.05) is 60.7 Å². The molecule has 0 bridgehead atoms. The first kappa shape index (κ1) is 29.6. The minimum atomic E-state index is -3.70. The highest BCUT2D eigenvalue weighted by molar-refractivity contribution is 7.94. The molecule has 39 heavy (non-hydrogen) atoms. The van der Waals surface area contributed by atoms with Crippen molar-refractivity contribution in [3.05, 3.63) is 114 Å². The molecule has 0 spiro atoms. The number of rotatable bonds is 11. The molecule has 0 aliphatic carbocycles. The van der Waals surface area contributed by atoms with Gasteiger partial charge in [0.05, 0.1) is 4.90 Å². The van der Waals surface area contributed by atoms with Crippen LogP contribution in [0.5, 0.6) is 0 Å². The van der Waals surface area contributed by atoms with Gasteiger partial charge in [0, 0.05) is 17.9 Å². The zero-order valence-electron chi connectivity index (χ0n) is 22.5. The summed E-state index contributed by atoms with van der Waals surface area (Å²) in [6.07, 6.45) is 2.10. The topological polar surface area (TPSA) is 102 Å². The number of nitrogens with one attached hydrogen (secondary N) is 2. The molecule has 7 nitrogen and oxygen atoms in total. The molecule has 0 fully saturated rings. The van der Waals surface area contributed by atoms with E-state index in [2.05, 4.69) is 10.6 Å². The fourth-order valence-electron chi connectivity index (χ4n) is 3.86. The number of carbonyl (C=O) groups is 2. The Morgan fingerprint density at radius 2 is 1.36 bits per heavy atom. The van der Waals surface area contributed by atoms with Gasteiger partial charge in [-0.3, -0.25) is 4.79 Å². The van der Waals surface area contributed by atoms with Crippen LogP contribution in [0.3, 0.4) is 0 Å². The van der Waals surface area contributed by atoms with Gasteiger partial charge in [-0.25, -0.2) is 13.2 Å². The lowest BCUT2D eigenvalue weighted by molar-refractivity contribution is -0.123. The van der Waals surface area contributed by atoms with E-state index in [1.165, 1.54) is 18.2 Å². The van der Waals surface area contributed by atoms with Crippen LogP contribution in [0.4, 0.5) is 4.79 Å². The van der Waals surface area contributed by atoms with Gasteiger partial charge in [-0.1, -0.05) is 84.9 Å². The summed E-state index contributed by atoms with van der Waals surface area (Å²) in [6, 6.07) is 25.7. The van der Waals surface area contributed by atoms with Gasteiger partial charge < -0.3 is 15.4 Å². The van der Waals surface area contributed by atoms with Gasteiger partial charge in [-0.15, -0.1) is 0 Å². The van der Waals surface area contributed by atoms with E-state index in [4.69, 9.17) is 4.74 Å². The number of benzene rings is 3. The highest BCUT2D eigenvalue weighted by atomic mass is 32.2. The number of carbonyl (C=O) groups excluding carboxylic acids is 2. The minimum Gasteiger partial charge on any atom is -0.444 e. The molecule has 0 aliphatic rings. The number of ether oxygens (including phenoxy) is 1. The molecule has 3 rings (SSSR count). The molecule has 8 heteroatoms. The standard InChI is InChI=1S/C31H36N2O5S/c1-31(2,3)38-30(35)33-28(23-25-15-9-5-10-16-25)29(34)32-26(20-19-24-13-7-4-8-14-24)21-22-39(36,37)27-17-11-6-12-18-27/h4-18,21-22,26,28H,19-20,23H2,1-3H3,(H,32,34)(H,33,35)/b22-21+/t26-,28?/m0/s1. The molecule has 0 heterocycles. The van der Waals surface area contributed by atoms with Crippen molar-refractivity contribution >= 4 is 21.8 Å². The van der Waals surface area contributed by atoms with Crippen LogP contribution in [-0.4, -0.2) is 38.1 Å². The first-order chi connectivity index (χ1) is 18.5. The van der Waals surface area contributed by atoms with Crippen molar-refractivity contribution in [3.63, 3.8) is 0 Å². The molecule has 3 aromatic carbocycles. The Hall–Kier alpha value is -3.91. The van der Waals surface area contributed by atoms with Crippen LogP contribution in [0.2, 0.25) is 0 Å². The Balaban J connectivity index is 1.82. The second-order valence-electron chi connectivity index (χ2n) is 10.2. The van der Waals surface area contributed by atoms with Crippen molar-refractivity contribution in [2.75, 3.05) is 0 Å². The molecule has 0 aromatic heterocycles. The lowest BCUT2D eigenvalue weighted by Gasteiger charge is -2.25. The van der Waals surface area contributed by atoms with Crippen LogP contribution in [0.15, 0.2) is 107 Å². The summed E-state index contributed by atoms with van der Waals surface area (Å²) in [7, 11) is -3.70. The van der Waals surface area contributed by atoms with Crippen molar-refractivity contribution in [2.24, 2.45) is 0 Å². The third-order valence-corrected chi connectivity index (χ3v) is 7.21. The van der Waals surface area contributed by atoms with Gasteiger partial charge in [0.2, 0.25) is 5.91 Å². The van der Waals surface area contributed by atoms with Gasteiger partial charge in [-0.2, -0.15) is 0 Å². The highest BCUT2D eigenvalue weighted by Gasteiger charge is 2.26. The first-order valence-electron chi connectivity index (χ1n) is 12.9. The van der Waals surface area contributed by atoms with E-state index in [9.17, 15) is 18.0 Å². The molecule has 2 amide bonds. The summed E-state index contributed by atoms with van der Waals surface area (Å²) < 4.78 is 31.1. The monoisotopic (exact) mass is 548 g/mol. The summed E-state index contributed by atoms with van der Waals surface area (Å²) in [5.41, 5.74) is 1.19. The summed E-state index contributed by atoms with van der Waals surface area (Å²) >= 11 is 0. The Morgan fingerprint density at radius 1 is 0.821 bits per heavy atom. The third-order valence-electron chi connectivity index (χ3n) is 5.77. The van der Waals surface area contributed by atoms with Crippen LogP contribution < -0.4 is 10.6 Å². The van der Waals surface area contributed by atoms with Crippen molar-refractivity contribution in [1.29, 1.82) is 0 Å². The molecular formula is C31H36N2O5S. The second kappa shape index (κ2) is 13.8. The zero-order valence-corrected chi connectivity index (χ0v) is 23.4. The van der Waals surface area contributed by atoms with Crippen LogP contribution in [-0.2, 0) is 32.2 Å². The van der Waals surface area contributed by atoms with E-state index >= 15 is 0 Å². The van der Waals surface area contributed by atoms with Crippen molar-refractivity contribution in [2.45, 2.75) is 62.6 Å². The number of amides is 2. The van der Waals surface area contributed by atoms with Crippen LogP contribution >= 0.6 is 0 Å². The smallest absolute Gasteiger partial charge is 0.408 e. The highest BCUT2D eigenvalue weighted by Crippen LogP contribution is 2.14. The Kier molecular flexibility index (Phi) is 10.5. The van der Waals surface area contributed by atoms with Gasteiger partial charge >= 0.3 is 6.09 Å². The fourth-order valence-corrected chi connectivity index (χ4v) is 4.95. The molecular weight excluding hydrogens is 512 g/mol. The Bertz CT molecular complexity index is 1340. The fraction of sp³-hybridized carbons (Fsp3) is 0.290. The average Bonchev–Trinajstić information content (AvgIpc) is 2.90. The molecule has 2 N–H and O–H groups in total. The van der Waals surface area contributed by atoms with E-state index in [1.54, 1.807) is 39.0 Å². The number of sulfone groups is 1. The van der Waals surface area contributed by atoms with E-state index in [0.717, 1.165) is 16.5 Å². The van der Waals surface area contributed by atoms with E-state index in [0.29, 0.717) is 12.8 Å². The number of hydrogen-bond donors (Lipinski definition) is 2. The Morgan fingerprint density at radius 3 is 1.92 bits per heavy atom. The normalized spacial score (nSPS) is 13.4. The maximum absolute atomic E-state index is 13.5. The van der Waals surface area contributed by atoms with Crippen LogP contribution in [0.25, 0.3) is 0 Å². The molecule has 2 atom stereocenters. The first-order valence-corrected chi connectivity index (χ1v) is 14.4. The quantitative estimate of drug-likeness (QED) is 0.342. The van der Waals surface area contributed by atoms with Crippen molar-refractivity contribution in [3.8, 4) is 0 Å². The summed E-state index contributed by atoms with van der Waals surface area (Å²) in [5, 5.41) is 6.75. The van der Waals surface area contributed by atoms with Gasteiger partial charge in [0.1, 0.15) is 11.6 Å². The van der Waals surface area contributed by atoms with Crippen LogP contribution in [0.1, 0.15) is 38.3 Å². The van der Waals surface area contributed by atoms with Crippen LogP contribution in [0, 0.1) is 0 Å². The largest absolute Gasteiger partial charge is 0.444 e. The average molecular weight is 549 g/mol. The number of aryl methyl sites for hydroxylation is 1. The predicted octanol–water partition coefficient (Wildman–Crippen LogP) is 5.23. The molecule has 206 valence electrons. The molecule has 3 aromatic rings. The minimum absolute atomic E-state index is 0.169. The van der Waals surface area contributed by atoms with E-state index < -0.39 is 39.5 Å². The maximum atomic E-state index is 13.5. The van der Waals surface area contributed by atoms with Gasteiger partial charge in [0.15, 0.2) is 9.84 Å². The number of hydrogen-bond acceptors (Lipinski definition) is 5. The van der Waals surface area contributed by atoms with Gasteiger partial charge in [0.25, 0.3) is 0 Å². The summed E-state index contributed by atoms with van der Waals surface area (Å²) in [4.78, 5) is 26.2.